The first-order valence-electron chi connectivity index (χ1n) is 9.57. The van der Waals surface area contributed by atoms with Gasteiger partial charge in [0.1, 0.15) is 0 Å². The SMILES string of the molecule is O=C(CCC(=O)N1CC[C@@H]2NC(=O)C[C@@H]2C1)Nc1ccc2c(c1)CCC2. The van der Waals surface area contributed by atoms with E-state index in [0.717, 1.165) is 24.9 Å². The Labute approximate surface area is 153 Å². The van der Waals surface area contributed by atoms with E-state index in [1.807, 2.05) is 11.0 Å². The van der Waals surface area contributed by atoms with Crippen molar-refractivity contribution in [1.29, 1.82) is 0 Å². The molecule has 6 nitrogen and oxygen atoms in total. The van der Waals surface area contributed by atoms with E-state index in [2.05, 4.69) is 22.8 Å². The lowest BCUT2D eigenvalue weighted by Crippen LogP contribution is -2.47. The molecule has 3 aliphatic rings. The van der Waals surface area contributed by atoms with Crippen molar-refractivity contribution in [1.82, 2.24) is 10.2 Å². The molecule has 1 aliphatic carbocycles. The Balaban J connectivity index is 1.25. The summed E-state index contributed by atoms with van der Waals surface area (Å²) in [6, 6.07) is 6.30. The van der Waals surface area contributed by atoms with E-state index in [1.165, 1.54) is 17.5 Å². The molecular formula is C20H25N3O3. The van der Waals surface area contributed by atoms with Crippen LogP contribution in [0.2, 0.25) is 0 Å². The van der Waals surface area contributed by atoms with E-state index in [4.69, 9.17) is 0 Å². The number of likely N-dealkylation sites (tertiary alicyclic amines) is 1. The molecule has 138 valence electrons. The van der Waals surface area contributed by atoms with Crippen LogP contribution >= 0.6 is 0 Å². The summed E-state index contributed by atoms with van der Waals surface area (Å²) in [5.41, 5.74) is 3.52. The van der Waals surface area contributed by atoms with Gasteiger partial charge in [0.05, 0.1) is 0 Å². The number of carbonyl (C=O) groups is 3. The van der Waals surface area contributed by atoms with Gasteiger partial charge in [0.15, 0.2) is 0 Å². The first-order chi connectivity index (χ1) is 12.6. The third-order valence-corrected chi connectivity index (χ3v) is 5.83. The third-order valence-electron chi connectivity index (χ3n) is 5.83. The molecule has 0 saturated carbocycles. The van der Waals surface area contributed by atoms with Gasteiger partial charge in [0.25, 0.3) is 0 Å². The van der Waals surface area contributed by atoms with Gasteiger partial charge in [-0.15, -0.1) is 0 Å². The minimum atomic E-state index is -0.121. The molecule has 3 amide bonds. The highest BCUT2D eigenvalue weighted by Crippen LogP contribution is 2.26. The molecular weight excluding hydrogens is 330 g/mol. The molecule has 1 aromatic carbocycles. The van der Waals surface area contributed by atoms with Gasteiger partial charge in [0, 0.05) is 50.0 Å². The zero-order valence-electron chi connectivity index (χ0n) is 14.9. The van der Waals surface area contributed by atoms with Crippen LogP contribution in [-0.4, -0.2) is 41.8 Å². The van der Waals surface area contributed by atoms with Gasteiger partial charge >= 0.3 is 0 Å². The number of hydrogen-bond donors (Lipinski definition) is 2. The van der Waals surface area contributed by atoms with Crippen LogP contribution in [0.5, 0.6) is 0 Å². The lowest BCUT2D eigenvalue weighted by molar-refractivity contribution is -0.134. The lowest BCUT2D eigenvalue weighted by atomic mass is 9.93. The molecule has 0 radical (unpaired) electrons. The van der Waals surface area contributed by atoms with Crippen LogP contribution in [0.15, 0.2) is 18.2 Å². The Morgan fingerprint density at radius 3 is 2.92 bits per heavy atom. The van der Waals surface area contributed by atoms with Crippen LogP contribution in [0.25, 0.3) is 0 Å². The largest absolute Gasteiger partial charge is 0.353 e. The Morgan fingerprint density at radius 2 is 2.04 bits per heavy atom. The number of rotatable bonds is 4. The summed E-state index contributed by atoms with van der Waals surface area (Å²) in [5.74, 6) is 0.194. The molecule has 0 aromatic heterocycles. The monoisotopic (exact) mass is 355 g/mol. The molecule has 2 atom stereocenters. The smallest absolute Gasteiger partial charge is 0.224 e. The van der Waals surface area contributed by atoms with Gasteiger partial charge in [-0.1, -0.05) is 6.07 Å². The van der Waals surface area contributed by atoms with Crippen molar-refractivity contribution in [2.75, 3.05) is 18.4 Å². The van der Waals surface area contributed by atoms with Crippen LogP contribution in [0.1, 0.15) is 43.2 Å². The molecule has 0 spiro atoms. The Morgan fingerprint density at radius 1 is 1.19 bits per heavy atom. The fourth-order valence-electron chi connectivity index (χ4n) is 4.41. The van der Waals surface area contributed by atoms with E-state index in [-0.39, 0.29) is 42.5 Å². The van der Waals surface area contributed by atoms with E-state index < -0.39 is 0 Å². The number of hydrogen-bond acceptors (Lipinski definition) is 3. The number of amides is 3. The molecule has 2 heterocycles. The zero-order valence-corrected chi connectivity index (χ0v) is 14.9. The van der Waals surface area contributed by atoms with Crippen molar-refractivity contribution in [2.24, 2.45) is 5.92 Å². The number of nitrogens with one attached hydrogen (secondary N) is 2. The summed E-state index contributed by atoms with van der Waals surface area (Å²) >= 11 is 0. The van der Waals surface area contributed by atoms with Gasteiger partial charge in [0.2, 0.25) is 17.7 Å². The summed E-state index contributed by atoms with van der Waals surface area (Å²) in [4.78, 5) is 37.9. The van der Waals surface area contributed by atoms with Crippen molar-refractivity contribution >= 4 is 23.4 Å². The number of nitrogens with zero attached hydrogens (tertiary/aromatic N) is 1. The molecule has 2 saturated heterocycles. The highest BCUT2D eigenvalue weighted by atomic mass is 16.2. The fraction of sp³-hybridized carbons (Fsp3) is 0.550. The van der Waals surface area contributed by atoms with Crippen molar-refractivity contribution in [2.45, 2.75) is 51.0 Å². The summed E-state index contributed by atoms with van der Waals surface area (Å²) in [6.07, 6.45) is 5.10. The topological polar surface area (TPSA) is 78.5 Å². The van der Waals surface area contributed by atoms with Gasteiger partial charge in [-0.05, 0) is 48.9 Å². The summed E-state index contributed by atoms with van der Waals surface area (Å²) in [7, 11) is 0. The van der Waals surface area contributed by atoms with Gasteiger partial charge in [-0.3, -0.25) is 14.4 Å². The van der Waals surface area contributed by atoms with Crippen molar-refractivity contribution < 1.29 is 14.4 Å². The molecule has 2 fully saturated rings. The van der Waals surface area contributed by atoms with Gasteiger partial charge in [-0.2, -0.15) is 0 Å². The summed E-state index contributed by atoms with van der Waals surface area (Å²) in [5, 5.41) is 5.88. The van der Waals surface area contributed by atoms with Crippen molar-refractivity contribution in [3.05, 3.63) is 29.3 Å². The summed E-state index contributed by atoms with van der Waals surface area (Å²) in [6.45, 7) is 1.28. The normalized spacial score (nSPS) is 24.0. The zero-order chi connectivity index (χ0) is 18.1. The minimum absolute atomic E-state index is 0.00639. The third kappa shape index (κ3) is 3.59. The van der Waals surface area contributed by atoms with Gasteiger partial charge < -0.3 is 15.5 Å². The van der Waals surface area contributed by atoms with E-state index in [9.17, 15) is 14.4 Å². The van der Waals surface area contributed by atoms with Crippen molar-refractivity contribution in [3.8, 4) is 0 Å². The van der Waals surface area contributed by atoms with Crippen molar-refractivity contribution in [3.63, 3.8) is 0 Å². The fourth-order valence-corrected chi connectivity index (χ4v) is 4.41. The summed E-state index contributed by atoms with van der Waals surface area (Å²) < 4.78 is 0. The average molecular weight is 355 g/mol. The second-order valence-corrected chi connectivity index (χ2v) is 7.65. The van der Waals surface area contributed by atoms with Gasteiger partial charge in [-0.25, -0.2) is 0 Å². The molecule has 6 heteroatoms. The maximum Gasteiger partial charge on any atom is 0.224 e. The molecule has 2 N–H and O–H groups in total. The first-order valence-corrected chi connectivity index (χ1v) is 9.57. The maximum absolute atomic E-state index is 12.4. The maximum atomic E-state index is 12.4. The van der Waals surface area contributed by atoms with E-state index in [1.54, 1.807) is 0 Å². The minimum Gasteiger partial charge on any atom is -0.353 e. The molecule has 26 heavy (non-hydrogen) atoms. The second-order valence-electron chi connectivity index (χ2n) is 7.65. The number of anilines is 1. The molecule has 0 bridgehead atoms. The molecule has 4 rings (SSSR count). The number of fused-ring (bicyclic) bond motifs is 2. The van der Waals surface area contributed by atoms with Crippen LogP contribution in [-0.2, 0) is 27.2 Å². The molecule has 1 aromatic rings. The lowest BCUT2D eigenvalue weighted by Gasteiger charge is -2.34. The number of benzene rings is 1. The predicted molar refractivity (Wildman–Crippen MR) is 97.6 cm³/mol. The molecule has 2 aliphatic heterocycles. The Bertz CT molecular complexity index is 746. The van der Waals surface area contributed by atoms with E-state index in [0.29, 0.717) is 19.5 Å². The number of aryl methyl sites for hydroxylation is 2. The van der Waals surface area contributed by atoms with Crippen LogP contribution in [0, 0.1) is 5.92 Å². The van der Waals surface area contributed by atoms with E-state index >= 15 is 0 Å². The Hall–Kier alpha value is -2.37. The first kappa shape index (κ1) is 17.1. The standard InChI is InChI=1S/C20H25N3O3/c24-18(21-16-5-4-13-2-1-3-14(13)10-16)6-7-20(26)23-9-8-17-15(12-23)11-19(25)22-17/h4-5,10,15,17H,1-3,6-9,11-12H2,(H,21,24)(H,22,25)/t15-,17+/m1/s1. The quantitative estimate of drug-likeness (QED) is 0.862. The Kier molecular flexibility index (Phi) is 4.66. The second kappa shape index (κ2) is 7.09. The van der Waals surface area contributed by atoms with Crippen LogP contribution in [0.4, 0.5) is 5.69 Å². The highest BCUT2D eigenvalue weighted by molar-refractivity contribution is 5.93. The highest BCUT2D eigenvalue weighted by Gasteiger charge is 2.37. The number of carbonyl (C=O) groups excluding carboxylic acids is 3. The van der Waals surface area contributed by atoms with Crippen LogP contribution < -0.4 is 10.6 Å². The predicted octanol–water partition coefficient (Wildman–Crippen LogP) is 1.63. The average Bonchev–Trinajstić information content (AvgIpc) is 3.23. The molecule has 0 unspecified atom stereocenters. The number of piperidine rings is 1. The van der Waals surface area contributed by atoms with Crippen LogP contribution in [0.3, 0.4) is 0 Å².